The fraction of sp³-hybridized carbons (Fsp3) is 0.625. The fourth-order valence-electron chi connectivity index (χ4n) is 2.15. The molecule has 2 N–H and O–H groups in total. The molecule has 0 aliphatic rings. The summed E-state index contributed by atoms with van der Waals surface area (Å²) in [5.74, 6) is 0.957. The molecule has 1 rings (SSSR count). The second-order valence-electron chi connectivity index (χ2n) is 5.53. The lowest BCUT2D eigenvalue weighted by atomic mass is 10.00. The maximum absolute atomic E-state index is 9.01. The third kappa shape index (κ3) is 5.21. The normalized spacial score (nSPS) is 11.6. The van der Waals surface area contributed by atoms with Gasteiger partial charge in [0.05, 0.1) is 7.11 Å². The summed E-state index contributed by atoms with van der Waals surface area (Å²) in [6.45, 7) is 7.49. The molecule has 0 saturated heterocycles. The highest BCUT2D eigenvalue weighted by atomic mass is 16.5. The van der Waals surface area contributed by atoms with E-state index in [2.05, 4.69) is 38.2 Å². The molecular formula is C16H27NO2. The molecule has 1 aromatic carbocycles. The van der Waals surface area contributed by atoms with Crippen LogP contribution in [0.5, 0.6) is 5.75 Å². The Bertz CT molecular complexity index is 388. The van der Waals surface area contributed by atoms with Crippen molar-refractivity contribution in [1.82, 2.24) is 5.32 Å². The van der Waals surface area contributed by atoms with Gasteiger partial charge >= 0.3 is 0 Å². The molecule has 0 aliphatic carbocycles. The summed E-state index contributed by atoms with van der Waals surface area (Å²) in [5, 5.41) is 12.5. The minimum Gasteiger partial charge on any atom is -0.496 e. The number of hydrogen-bond donors (Lipinski definition) is 2. The average Bonchev–Trinajstić information content (AvgIpc) is 2.38. The van der Waals surface area contributed by atoms with Crippen molar-refractivity contribution in [3.8, 4) is 5.75 Å². The zero-order chi connectivity index (χ0) is 14.3. The number of benzene rings is 1. The summed E-state index contributed by atoms with van der Waals surface area (Å²) in [5.41, 5.74) is 2.56. The standard InChI is InChI=1S/C16H27NO2/c1-5-13-6-7-15(19-4)14(12-13)8-10-17-16(2,3)9-11-18/h6-7,12,17-18H,5,8-11H2,1-4H3. The van der Waals surface area contributed by atoms with Gasteiger partial charge in [0, 0.05) is 12.1 Å². The van der Waals surface area contributed by atoms with Crippen LogP contribution in [0.1, 0.15) is 38.3 Å². The first-order valence-electron chi connectivity index (χ1n) is 7.04. The van der Waals surface area contributed by atoms with Crippen molar-refractivity contribution >= 4 is 0 Å². The summed E-state index contributed by atoms with van der Waals surface area (Å²) in [6, 6.07) is 6.39. The van der Waals surface area contributed by atoms with E-state index >= 15 is 0 Å². The second kappa shape index (κ2) is 7.51. The van der Waals surface area contributed by atoms with Gasteiger partial charge in [-0.15, -0.1) is 0 Å². The minimum atomic E-state index is -0.0235. The van der Waals surface area contributed by atoms with E-state index in [1.165, 1.54) is 11.1 Å². The zero-order valence-corrected chi connectivity index (χ0v) is 12.6. The van der Waals surface area contributed by atoms with Crippen molar-refractivity contribution in [3.05, 3.63) is 29.3 Å². The van der Waals surface area contributed by atoms with Gasteiger partial charge in [-0.2, -0.15) is 0 Å². The summed E-state index contributed by atoms with van der Waals surface area (Å²) in [7, 11) is 1.72. The van der Waals surface area contributed by atoms with Crippen molar-refractivity contribution in [2.75, 3.05) is 20.3 Å². The highest BCUT2D eigenvalue weighted by molar-refractivity contribution is 5.37. The molecule has 1 aromatic rings. The minimum absolute atomic E-state index is 0.0235. The Morgan fingerprint density at radius 2 is 2.05 bits per heavy atom. The van der Waals surface area contributed by atoms with Crippen LogP contribution in [0.25, 0.3) is 0 Å². The molecule has 3 heteroatoms. The quantitative estimate of drug-likeness (QED) is 0.759. The Labute approximate surface area is 117 Å². The van der Waals surface area contributed by atoms with Crippen molar-refractivity contribution in [1.29, 1.82) is 0 Å². The van der Waals surface area contributed by atoms with Crippen LogP contribution in [0, 0.1) is 0 Å². The number of aliphatic hydroxyl groups is 1. The average molecular weight is 265 g/mol. The number of ether oxygens (including phenoxy) is 1. The van der Waals surface area contributed by atoms with Gasteiger partial charge in [-0.05, 0) is 56.8 Å². The van der Waals surface area contributed by atoms with Crippen LogP contribution < -0.4 is 10.1 Å². The number of rotatable bonds is 8. The number of nitrogens with one attached hydrogen (secondary N) is 1. The molecule has 0 atom stereocenters. The lowest BCUT2D eigenvalue weighted by Gasteiger charge is -2.25. The van der Waals surface area contributed by atoms with Crippen LogP contribution in [-0.2, 0) is 12.8 Å². The van der Waals surface area contributed by atoms with Gasteiger partial charge in [0.1, 0.15) is 5.75 Å². The van der Waals surface area contributed by atoms with Gasteiger partial charge in [0.2, 0.25) is 0 Å². The highest BCUT2D eigenvalue weighted by Gasteiger charge is 2.15. The summed E-state index contributed by atoms with van der Waals surface area (Å²) < 4.78 is 5.41. The third-order valence-corrected chi connectivity index (χ3v) is 3.49. The van der Waals surface area contributed by atoms with E-state index in [0.29, 0.717) is 0 Å². The fourth-order valence-corrected chi connectivity index (χ4v) is 2.15. The molecule has 0 saturated carbocycles. The van der Waals surface area contributed by atoms with Crippen LogP contribution in [0.3, 0.4) is 0 Å². The number of methoxy groups -OCH3 is 1. The molecular weight excluding hydrogens is 238 g/mol. The van der Waals surface area contributed by atoms with E-state index in [9.17, 15) is 0 Å². The summed E-state index contributed by atoms with van der Waals surface area (Å²) in [4.78, 5) is 0. The second-order valence-corrected chi connectivity index (χ2v) is 5.53. The predicted molar refractivity (Wildman–Crippen MR) is 79.9 cm³/mol. The highest BCUT2D eigenvalue weighted by Crippen LogP contribution is 2.21. The molecule has 0 bridgehead atoms. The number of aliphatic hydroxyl groups excluding tert-OH is 1. The van der Waals surface area contributed by atoms with Crippen LogP contribution in [0.4, 0.5) is 0 Å². The first kappa shape index (κ1) is 16.0. The van der Waals surface area contributed by atoms with Crippen molar-refractivity contribution in [2.24, 2.45) is 0 Å². The largest absolute Gasteiger partial charge is 0.496 e. The Hall–Kier alpha value is -1.06. The maximum Gasteiger partial charge on any atom is 0.122 e. The molecule has 0 spiro atoms. The lowest BCUT2D eigenvalue weighted by molar-refractivity contribution is 0.231. The monoisotopic (exact) mass is 265 g/mol. The molecule has 0 radical (unpaired) electrons. The SMILES string of the molecule is CCc1ccc(OC)c(CCNC(C)(C)CCO)c1. The van der Waals surface area contributed by atoms with E-state index in [-0.39, 0.29) is 12.1 Å². The summed E-state index contributed by atoms with van der Waals surface area (Å²) >= 11 is 0. The summed E-state index contributed by atoms with van der Waals surface area (Å²) in [6.07, 6.45) is 2.74. The molecule has 0 fully saturated rings. The first-order valence-corrected chi connectivity index (χ1v) is 7.04. The molecule has 0 aromatic heterocycles. The molecule has 3 nitrogen and oxygen atoms in total. The smallest absolute Gasteiger partial charge is 0.122 e. The van der Waals surface area contributed by atoms with E-state index in [0.717, 1.165) is 31.6 Å². The van der Waals surface area contributed by atoms with Crippen LogP contribution in [-0.4, -0.2) is 30.9 Å². The van der Waals surface area contributed by atoms with Crippen molar-refractivity contribution < 1.29 is 9.84 Å². The Kier molecular flexibility index (Phi) is 6.32. The molecule has 0 aliphatic heterocycles. The molecule has 0 amide bonds. The first-order chi connectivity index (χ1) is 9.02. The Balaban J connectivity index is 2.61. The van der Waals surface area contributed by atoms with Gasteiger partial charge in [-0.1, -0.05) is 19.1 Å². The zero-order valence-electron chi connectivity index (χ0n) is 12.6. The van der Waals surface area contributed by atoms with Gasteiger partial charge in [-0.25, -0.2) is 0 Å². The topological polar surface area (TPSA) is 41.5 Å². The Morgan fingerprint density at radius 1 is 1.32 bits per heavy atom. The molecule has 108 valence electrons. The lowest BCUT2D eigenvalue weighted by Crippen LogP contribution is -2.41. The van der Waals surface area contributed by atoms with Crippen molar-refractivity contribution in [2.45, 2.75) is 45.6 Å². The van der Waals surface area contributed by atoms with Crippen LogP contribution >= 0.6 is 0 Å². The van der Waals surface area contributed by atoms with Gasteiger partial charge in [0.15, 0.2) is 0 Å². The van der Waals surface area contributed by atoms with E-state index < -0.39 is 0 Å². The van der Waals surface area contributed by atoms with Gasteiger partial charge in [-0.3, -0.25) is 0 Å². The van der Waals surface area contributed by atoms with E-state index in [1.807, 2.05) is 6.07 Å². The van der Waals surface area contributed by atoms with Gasteiger partial charge < -0.3 is 15.2 Å². The molecule has 0 heterocycles. The van der Waals surface area contributed by atoms with Crippen LogP contribution in [0.2, 0.25) is 0 Å². The van der Waals surface area contributed by atoms with Crippen molar-refractivity contribution in [3.63, 3.8) is 0 Å². The van der Waals surface area contributed by atoms with E-state index in [4.69, 9.17) is 9.84 Å². The molecule has 19 heavy (non-hydrogen) atoms. The number of hydrogen-bond acceptors (Lipinski definition) is 3. The Morgan fingerprint density at radius 3 is 2.63 bits per heavy atom. The third-order valence-electron chi connectivity index (χ3n) is 3.49. The maximum atomic E-state index is 9.01. The van der Waals surface area contributed by atoms with E-state index in [1.54, 1.807) is 7.11 Å². The van der Waals surface area contributed by atoms with Gasteiger partial charge in [0.25, 0.3) is 0 Å². The molecule has 0 unspecified atom stereocenters. The van der Waals surface area contributed by atoms with Crippen LogP contribution in [0.15, 0.2) is 18.2 Å². The predicted octanol–water partition coefficient (Wildman–Crippen LogP) is 2.55. The number of aryl methyl sites for hydroxylation is 1.